The highest BCUT2D eigenvalue weighted by atomic mass is 16.3. The Labute approximate surface area is 112 Å². The Bertz CT molecular complexity index is 460. The van der Waals surface area contributed by atoms with Crippen LogP contribution >= 0.6 is 0 Å². The van der Waals surface area contributed by atoms with E-state index in [-0.39, 0.29) is 11.7 Å². The molecule has 0 radical (unpaired) electrons. The molecule has 0 saturated heterocycles. The maximum Gasteiger partial charge on any atom is 0.206 e. The van der Waals surface area contributed by atoms with Crippen molar-refractivity contribution in [1.82, 2.24) is 0 Å². The van der Waals surface area contributed by atoms with E-state index in [9.17, 15) is 15.0 Å². The van der Waals surface area contributed by atoms with Crippen LogP contribution in [0.3, 0.4) is 0 Å². The van der Waals surface area contributed by atoms with Gasteiger partial charge >= 0.3 is 0 Å². The Morgan fingerprint density at radius 1 is 1.21 bits per heavy atom. The molecule has 0 heterocycles. The van der Waals surface area contributed by atoms with E-state index in [0.29, 0.717) is 30.7 Å². The summed E-state index contributed by atoms with van der Waals surface area (Å²) in [4.78, 5) is 16.3. The third-order valence-corrected chi connectivity index (χ3v) is 3.55. The zero-order valence-electron chi connectivity index (χ0n) is 11.0. The van der Waals surface area contributed by atoms with Gasteiger partial charge in [0.25, 0.3) is 0 Å². The molecule has 2 rings (SSSR count). The van der Waals surface area contributed by atoms with Crippen LogP contribution in [-0.2, 0) is 0 Å². The average molecular weight is 261 g/mol. The van der Waals surface area contributed by atoms with Crippen LogP contribution in [0.2, 0.25) is 0 Å². The number of Topliss-reactive ketones (excluding diaryl/α,β-unsaturated/α-hetero) is 1. The highest BCUT2D eigenvalue weighted by Gasteiger charge is 2.31. The third kappa shape index (κ3) is 3.49. The SMILES string of the molecule is C/C(=N\C[C@@H]1C[C@@H](O)[C@@H](O)C1)C(=O)c1ccccc1. The van der Waals surface area contributed by atoms with Crippen molar-refractivity contribution in [3.05, 3.63) is 35.9 Å². The predicted molar refractivity (Wildman–Crippen MR) is 73.5 cm³/mol. The van der Waals surface area contributed by atoms with Gasteiger partial charge in [0.15, 0.2) is 0 Å². The van der Waals surface area contributed by atoms with Crippen molar-refractivity contribution < 1.29 is 15.0 Å². The molecule has 0 aromatic heterocycles. The van der Waals surface area contributed by atoms with Crippen molar-refractivity contribution in [2.45, 2.75) is 32.0 Å². The number of carbonyl (C=O) groups is 1. The third-order valence-electron chi connectivity index (χ3n) is 3.55. The molecule has 0 amide bonds. The van der Waals surface area contributed by atoms with Crippen molar-refractivity contribution in [3.63, 3.8) is 0 Å². The summed E-state index contributed by atoms with van der Waals surface area (Å²) in [7, 11) is 0. The number of hydrogen-bond donors (Lipinski definition) is 2. The lowest BCUT2D eigenvalue weighted by atomic mass is 10.1. The monoisotopic (exact) mass is 261 g/mol. The van der Waals surface area contributed by atoms with Gasteiger partial charge in [0.05, 0.1) is 17.9 Å². The minimum Gasteiger partial charge on any atom is -0.390 e. The second-order valence-electron chi connectivity index (χ2n) is 5.09. The smallest absolute Gasteiger partial charge is 0.206 e. The Balaban J connectivity index is 1.95. The van der Waals surface area contributed by atoms with Crippen molar-refractivity contribution >= 4 is 11.5 Å². The fraction of sp³-hybridized carbons (Fsp3) is 0.467. The van der Waals surface area contributed by atoms with Crippen LogP contribution in [0.5, 0.6) is 0 Å². The van der Waals surface area contributed by atoms with Gasteiger partial charge in [-0.05, 0) is 25.7 Å². The van der Waals surface area contributed by atoms with E-state index in [1.807, 2.05) is 18.2 Å². The minimum atomic E-state index is -0.648. The lowest BCUT2D eigenvalue weighted by Crippen LogP contribution is -2.17. The van der Waals surface area contributed by atoms with Crippen molar-refractivity contribution in [1.29, 1.82) is 0 Å². The van der Waals surface area contributed by atoms with E-state index in [2.05, 4.69) is 4.99 Å². The largest absolute Gasteiger partial charge is 0.390 e. The van der Waals surface area contributed by atoms with Gasteiger partial charge in [0.1, 0.15) is 0 Å². The summed E-state index contributed by atoms with van der Waals surface area (Å²) >= 11 is 0. The second-order valence-corrected chi connectivity index (χ2v) is 5.09. The van der Waals surface area contributed by atoms with Gasteiger partial charge in [-0.3, -0.25) is 9.79 Å². The highest BCUT2D eigenvalue weighted by molar-refractivity contribution is 6.45. The van der Waals surface area contributed by atoms with Crippen LogP contribution in [-0.4, -0.2) is 40.5 Å². The molecule has 1 aromatic carbocycles. The molecular weight excluding hydrogens is 242 g/mol. The number of nitrogens with zero attached hydrogens (tertiary/aromatic N) is 1. The first-order valence-electron chi connectivity index (χ1n) is 6.55. The number of ketones is 1. The summed E-state index contributed by atoms with van der Waals surface area (Å²) in [5.74, 6) is 0.0863. The molecule has 4 heteroatoms. The molecule has 102 valence electrons. The average Bonchev–Trinajstić information content (AvgIpc) is 2.75. The molecule has 2 N–H and O–H groups in total. The first-order valence-corrected chi connectivity index (χ1v) is 6.55. The molecule has 1 saturated carbocycles. The summed E-state index contributed by atoms with van der Waals surface area (Å²) in [5, 5.41) is 18.9. The van der Waals surface area contributed by atoms with Gasteiger partial charge in [-0.2, -0.15) is 0 Å². The van der Waals surface area contributed by atoms with Crippen molar-refractivity contribution in [3.8, 4) is 0 Å². The van der Waals surface area contributed by atoms with Crippen LogP contribution in [0.1, 0.15) is 30.1 Å². The molecule has 0 aliphatic heterocycles. The van der Waals surface area contributed by atoms with Crippen LogP contribution < -0.4 is 0 Å². The lowest BCUT2D eigenvalue weighted by molar-refractivity contribution is 0.0438. The van der Waals surface area contributed by atoms with Gasteiger partial charge in [-0.25, -0.2) is 0 Å². The van der Waals surface area contributed by atoms with Crippen LogP contribution in [0.15, 0.2) is 35.3 Å². The zero-order valence-corrected chi connectivity index (χ0v) is 11.0. The standard InChI is InChI=1S/C15H19NO3/c1-10(15(19)12-5-3-2-4-6-12)16-9-11-7-13(17)14(18)8-11/h2-6,11,13-14,17-18H,7-9H2,1H3/b16-10+/t11-,13-,14+. The number of carbonyl (C=O) groups excluding carboxylic acids is 1. The Kier molecular flexibility index (Phi) is 4.45. The molecule has 4 nitrogen and oxygen atoms in total. The first-order chi connectivity index (χ1) is 9.08. The molecule has 19 heavy (non-hydrogen) atoms. The maximum atomic E-state index is 12.0. The van der Waals surface area contributed by atoms with Crippen LogP contribution in [0.4, 0.5) is 0 Å². The predicted octanol–water partition coefficient (Wildman–Crippen LogP) is 1.46. The second kappa shape index (κ2) is 6.08. The Hall–Kier alpha value is -1.52. The number of rotatable bonds is 4. The van der Waals surface area contributed by atoms with E-state index < -0.39 is 12.2 Å². The molecule has 3 atom stereocenters. The minimum absolute atomic E-state index is 0.0697. The summed E-state index contributed by atoms with van der Waals surface area (Å²) in [6.07, 6.45) is -0.190. The summed E-state index contributed by atoms with van der Waals surface area (Å²) < 4.78 is 0. The molecule has 0 unspecified atom stereocenters. The Morgan fingerprint density at radius 3 is 2.37 bits per heavy atom. The molecule has 1 fully saturated rings. The number of aliphatic imine (C=N–C) groups is 1. The van der Waals surface area contributed by atoms with Crippen molar-refractivity contribution in [2.75, 3.05) is 6.54 Å². The summed E-state index contributed by atoms with van der Waals surface area (Å²) in [6, 6.07) is 9.05. The molecule has 1 aliphatic rings. The zero-order chi connectivity index (χ0) is 13.8. The van der Waals surface area contributed by atoms with Crippen molar-refractivity contribution in [2.24, 2.45) is 10.9 Å². The fourth-order valence-electron chi connectivity index (χ4n) is 2.38. The van der Waals surface area contributed by atoms with E-state index in [0.717, 1.165) is 0 Å². The van der Waals surface area contributed by atoms with Gasteiger partial charge in [-0.15, -0.1) is 0 Å². The van der Waals surface area contributed by atoms with Gasteiger partial charge in [0.2, 0.25) is 5.78 Å². The number of aliphatic hydroxyl groups excluding tert-OH is 2. The summed E-state index contributed by atoms with van der Waals surface area (Å²) in [5.41, 5.74) is 1.11. The number of aliphatic hydroxyl groups is 2. The summed E-state index contributed by atoms with van der Waals surface area (Å²) in [6.45, 7) is 2.19. The molecule has 1 aliphatic carbocycles. The number of hydrogen-bond acceptors (Lipinski definition) is 4. The lowest BCUT2D eigenvalue weighted by Gasteiger charge is -2.06. The van der Waals surface area contributed by atoms with Gasteiger partial charge in [0, 0.05) is 12.1 Å². The van der Waals surface area contributed by atoms with E-state index in [4.69, 9.17) is 0 Å². The quantitative estimate of drug-likeness (QED) is 0.637. The van der Waals surface area contributed by atoms with E-state index in [1.54, 1.807) is 19.1 Å². The Morgan fingerprint density at radius 2 is 1.79 bits per heavy atom. The molecule has 0 spiro atoms. The molecular formula is C15H19NO3. The maximum absolute atomic E-state index is 12.0. The van der Waals surface area contributed by atoms with Crippen LogP contribution in [0.25, 0.3) is 0 Å². The van der Waals surface area contributed by atoms with Gasteiger partial charge < -0.3 is 10.2 Å². The topological polar surface area (TPSA) is 69.9 Å². The van der Waals surface area contributed by atoms with Crippen LogP contribution in [0, 0.1) is 5.92 Å². The molecule has 1 aromatic rings. The fourth-order valence-corrected chi connectivity index (χ4v) is 2.38. The molecule has 0 bridgehead atoms. The van der Waals surface area contributed by atoms with E-state index >= 15 is 0 Å². The van der Waals surface area contributed by atoms with Gasteiger partial charge in [-0.1, -0.05) is 30.3 Å². The normalized spacial score (nSPS) is 27.5. The first kappa shape index (κ1) is 13.9. The number of benzene rings is 1. The highest BCUT2D eigenvalue weighted by Crippen LogP contribution is 2.26. The van der Waals surface area contributed by atoms with E-state index in [1.165, 1.54) is 0 Å².